The number of hydrogen-bond acceptors (Lipinski definition) is 3. The number of ketones is 1. The summed E-state index contributed by atoms with van der Waals surface area (Å²) in [5.74, 6) is -0.728. The molecule has 0 atom stereocenters. The van der Waals surface area contributed by atoms with Crippen LogP contribution in [0.1, 0.15) is 32.1 Å². The van der Waals surface area contributed by atoms with E-state index < -0.39 is 5.97 Å². The molecule has 0 aliphatic rings. The second-order valence-corrected chi connectivity index (χ2v) is 5.63. The van der Waals surface area contributed by atoms with Gasteiger partial charge >= 0.3 is 5.97 Å². The third-order valence-corrected chi connectivity index (χ3v) is 3.77. The molecule has 0 bridgehead atoms. The molecule has 5 heteroatoms. The molecule has 0 radical (unpaired) electrons. The SMILES string of the molecule is Cc1cc(C(=O)COC(=O)c2cccc(-n3cccc3)c2)c(C)[nH]1. The number of H-pyrrole nitrogens is 1. The molecule has 0 saturated heterocycles. The summed E-state index contributed by atoms with van der Waals surface area (Å²) >= 11 is 0. The maximum absolute atomic E-state index is 12.2. The van der Waals surface area contributed by atoms with Crippen LogP contribution < -0.4 is 0 Å². The molecule has 2 heterocycles. The molecule has 0 fully saturated rings. The lowest BCUT2D eigenvalue weighted by Gasteiger charge is -2.07. The number of aryl methyl sites for hydroxylation is 2. The fourth-order valence-corrected chi connectivity index (χ4v) is 2.61. The minimum atomic E-state index is -0.512. The number of rotatable bonds is 5. The molecule has 2 aromatic heterocycles. The van der Waals surface area contributed by atoms with E-state index in [-0.39, 0.29) is 12.4 Å². The van der Waals surface area contributed by atoms with Crippen molar-refractivity contribution in [2.45, 2.75) is 13.8 Å². The highest BCUT2D eigenvalue weighted by Gasteiger charge is 2.15. The normalized spacial score (nSPS) is 10.6. The van der Waals surface area contributed by atoms with Gasteiger partial charge in [-0.25, -0.2) is 4.79 Å². The van der Waals surface area contributed by atoms with Crippen LogP contribution in [0.3, 0.4) is 0 Å². The predicted molar refractivity (Wildman–Crippen MR) is 90.6 cm³/mol. The fraction of sp³-hybridized carbons (Fsp3) is 0.158. The molecule has 5 nitrogen and oxygen atoms in total. The molecule has 0 amide bonds. The third kappa shape index (κ3) is 3.30. The van der Waals surface area contributed by atoms with Crippen molar-refractivity contribution >= 4 is 11.8 Å². The Kier molecular flexibility index (Phi) is 4.33. The highest BCUT2D eigenvalue weighted by Crippen LogP contribution is 2.13. The van der Waals surface area contributed by atoms with E-state index in [1.807, 2.05) is 49.0 Å². The zero-order chi connectivity index (χ0) is 17.1. The summed E-state index contributed by atoms with van der Waals surface area (Å²) < 4.78 is 7.07. The Morgan fingerprint density at radius 2 is 1.83 bits per heavy atom. The highest BCUT2D eigenvalue weighted by molar-refractivity contribution is 6.00. The first kappa shape index (κ1) is 15.8. The quantitative estimate of drug-likeness (QED) is 0.578. The Hall–Kier alpha value is -3.08. The lowest BCUT2D eigenvalue weighted by Crippen LogP contribution is -2.14. The number of carbonyl (C=O) groups excluding carboxylic acids is 2. The van der Waals surface area contributed by atoms with Crippen LogP contribution in [-0.4, -0.2) is 27.9 Å². The Labute approximate surface area is 139 Å². The van der Waals surface area contributed by atoms with Gasteiger partial charge in [-0.05, 0) is 50.2 Å². The Bertz CT molecular complexity index is 876. The van der Waals surface area contributed by atoms with Crippen LogP contribution in [-0.2, 0) is 4.74 Å². The summed E-state index contributed by atoms with van der Waals surface area (Å²) in [6.07, 6.45) is 3.79. The maximum Gasteiger partial charge on any atom is 0.338 e. The van der Waals surface area contributed by atoms with E-state index in [1.54, 1.807) is 24.3 Å². The molecular formula is C19H18N2O3. The smallest absolute Gasteiger partial charge is 0.338 e. The summed E-state index contributed by atoms with van der Waals surface area (Å²) in [5, 5.41) is 0. The van der Waals surface area contributed by atoms with Crippen molar-refractivity contribution in [1.29, 1.82) is 0 Å². The van der Waals surface area contributed by atoms with Gasteiger partial charge in [0.1, 0.15) is 0 Å². The van der Waals surface area contributed by atoms with E-state index in [0.717, 1.165) is 17.1 Å². The standard InChI is InChI=1S/C19H18N2O3/c1-13-10-17(14(2)20-13)18(22)12-24-19(23)15-6-5-7-16(11-15)21-8-3-4-9-21/h3-11,20H,12H2,1-2H3. The number of nitrogens with zero attached hydrogens (tertiary/aromatic N) is 1. The molecule has 1 N–H and O–H groups in total. The van der Waals surface area contributed by atoms with Gasteiger partial charge in [-0.3, -0.25) is 4.79 Å². The Morgan fingerprint density at radius 1 is 1.08 bits per heavy atom. The van der Waals surface area contributed by atoms with Crippen LogP contribution in [0.4, 0.5) is 0 Å². The van der Waals surface area contributed by atoms with Crippen molar-refractivity contribution in [2.24, 2.45) is 0 Å². The average Bonchev–Trinajstić information content (AvgIpc) is 3.22. The zero-order valence-corrected chi connectivity index (χ0v) is 13.6. The van der Waals surface area contributed by atoms with Gasteiger partial charge in [0.05, 0.1) is 5.56 Å². The number of carbonyl (C=O) groups is 2. The van der Waals surface area contributed by atoms with Gasteiger partial charge < -0.3 is 14.3 Å². The summed E-state index contributed by atoms with van der Waals surface area (Å²) in [4.78, 5) is 27.4. The van der Waals surface area contributed by atoms with Crippen LogP contribution in [0.5, 0.6) is 0 Å². The Morgan fingerprint density at radius 3 is 2.50 bits per heavy atom. The Balaban J connectivity index is 1.68. The van der Waals surface area contributed by atoms with E-state index in [4.69, 9.17) is 4.74 Å². The van der Waals surface area contributed by atoms with Crippen molar-refractivity contribution in [1.82, 2.24) is 9.55 Å². The first-order valence-electron chi connectivity index (χ1n) is 7.64. The second-order valence-electron chi connectivity index (χ2n) is 5.63. The van der Waals surface area contributed by atoms with Crippen LogP contribution in [0, 0.1) is 13.8 Å². The van der Waals surface area contributed by atoms with Crippen molar-refractivity contribution in [3.63, 3.8) is 0 Å². The first-order valence-corrected chi connectivity index (χ1v) is 7.64. The molecular weight excluding hydrogens is 304 g/mol. The highest BCUT2D eigenvalue weighted by atomic mass is 16.5. The van der Waals surface area contributed by atoms with Gasteiger partial charge in [0.15, 0.2) is 6.61 Å². The van der Waals surface area contributed by atoms with Crippen LogP contribution in [0.15, 0.2) is 54.9 Å². The molecule has 0 unspecified atom stereocenters. The topological polar surface area (TPSA) is 64.1 Å². The number of aromatic nitrogens is 2. The van der Waals surface area contributed by atoms with E-state index in [1.165, 1.54) is 0 Å². The monoisotopic (exact) mass is 322 g/mol. The van der Waals surface area contributed by atoms with Crippen molar-refractivity contribution in [3.05, 3.63) is 77.4 Å². The number of ether oxygens (including phenoxy) is 1. The molecule has 0 saturated carbocycles. The second kappa shape index (κ2) is 6.58. The van der Waals surface area contributed by atoms with Gasteiger partial charge in [-0.2, -0.15) is 0 Å². The molecule has 122 valence electrons. The lowest BCUT2D eigenvalue weighted by atomic mass is 10.1. The van der Waals surface area contributed by atoms with E-state index >= 15 is 0 Å². The van der Waals surface area contributed by atoms with Gasteiger partial charge in [0.2, 0.25) is 5.78 Å². The van der Waals surface area contributed by atoms with Crippen LogP contribution in [0.2, 0.25) is 0 Å². The number of esters is 1. The number of benzene rings is 1. The molecule has 1 aromatic carbocycles. The lowest BCUT2D eigenvalue weighted by molar-refractivity contribution is 0.0474. The van der Waals surface area contributed by atoms with E-state index in [9.17, 15) is 9.59 Å². The van der Waals surface area contributed by atoms with Gasteiger partial charge in [0, 0.05) is 35.0 Å². The first-order chi connectivity index (χ1) is 11.5. The molecule has 3 rings (SSSR count). The summed E-state index contributed by atoms with van der Waals surface area (Å²) in [6.45, 7) is 3.43. The largest absolute Gasteiger partial charge is 0.454 e. The zero-order valence-electron chi connectivity index (χ0n) is 13.6. The number of Topliss-reactive ketones (excluding diaryl/α,β-unsaturated/α-hetero) is 1. The van der Waals surface area contributed by atoms with Gasteiger partial charge in [0.25, 0.3) is 0 Å². The molecule has 3 aromatic rings. The summed E-state index contributed by atoms with van der Waals surface area (Å²) in [5.41, 5.74) is 3.51. The molecule has 0 aliphatic heterocycles. The molecule has 0 aliphatic carbocycles. The number of aromatic amines is 1. The third-order valence-electron chi connectivity index (χ3n) is 3.77. The predicted octanol–water partition coefficient (Wildman–Crippen LogP) is 3.46. The minimum absolute atomic E-state index is 0.216. The summed E-state index contributed by atoms with van der Waals surface area (Å²) in [7, 11) is 0. The van der Waals surface area contributed by atoms with Gasteiger partial charge in [-0.1, -0.05) is 6.07 Å². The number of nitrogens with one attached hydrogen (secondary N) is 1. The van der Waals surface area contributed by atoms with E-state index in [0.29, 0.717) is 11.1 Å². The van der Waals surface area contributed by atoms with Crippen molar-refractivity contribution in [3.8, 4) is 5.69 Å². The van der Waals surface area contributed by atoms with Crippen molar-refractivity contribution < 1.29 is 14.3 Å². The molecule has 0 spiro atoms. The van der Waals surface area contributed by atoms with Crippen LogP contribution in [0.25, 0.3) is 5.69 Å². The molecule has 24 heavy (non-hydrogen) atoms. The van der Waals surface area contributed by atoms with Gasteiger partial charge in [-0.15, -0.1) is 0 Å². The van der Waals surface area contributed by atoms with Crippen molar-refractivity contribution in [2.75, 3.05) is 6.61 Å². The van der Waals surface area contributed by atoms with E-state index in [2.05, 4.69) is 4.98 Å². The number of hydrogen-bond donors (Lipinski definition) is 1. The maximum atomic E-state index is 12.2. The fourth-order valence-electron chi connectivity index (χ4n) is 2.61. The van der Waals surface area contributed by atoms with Crippen LogP contribution >= 0.6 is 0 Å². The summed E-state index contributed by atoms with van der Waals surface area (Å²) in [6, 6.07) is 12.7. The average molecular weight is 322 g/mol. The minimum Gasteiger partial charge on any atom is -0.454 e.